The number of hydrogen-bond acceptors (Lipinski definition) is 5. The molecule has 0 aliphatic heterocycles. The van der Waals surface area contributed by atoms with E-state index in [9.17, 15) is 4.79 Å². The van der Waals surface area contributed by atoms with Gasteiger partial charge >= 0.3 is 5.97 Å². The third-order valence-corrected chi connectivity index (χ3v) is 2.94. The molecule has 6 heteroatoms. The average Bonchev–Trinajstić information content (AvgIpc) is 2.73. The number of rotatable bonds is 6. The van der Waals surface area contributed by atoms with Crippen LogP contribution in [0, 0.1) is 5.92 Å². The van der Waals surface area contributed by atoms with Gasteiger partial charge in [0.25, 0.3) is 0 Å². The lowest BCUT2D eigenvalue weighted by Crippen LogP contribution is -2.38. The molecule has 0 spiro atoms. The van der Waals surface area contributed by atoms with Crippen molar-refractivity contribution in [2.45, 2.75) is 26.3 Å². The Morgan fingerprint density at radius 1 is 1.59 bits per heavy atom. The van der Waals surface area contributed by atoms with Crippen molar-refractivity contribution in [3.8, 4) is 0 Å². The highest BCUT2D eigenvalue weighted by atomic mass is 16.5. The molecule has 2 unspecified atom stereocenters. The molecule has 6 nitrogen and oxygen atoms in total. The first-order chi connectivity index (χ1) is 8.06. The topological polar surface area (TPSA) is 69.0 Å². The molecule has 0 aliphatic rings. The number of esters is 1. The summed E-state index contributed by atoms with van der Waals surface area (Å²) in [4.78, 5) is 11.3. The molecule has 0 saturated carbocycles. The summed E-state index contributed by atoms with van der Waals surface area (Å²) in [6.45, 7) is 4.58. The van der Waals surface area contributed by atoms with E-state index in [0.717, 1.165) is 18.8 Å². The second kappa shape index (κ2) is 6.34. The van der Waals surface area contributed by atoms with Gasteiger partial charge in [0.15, 0.2) is 0 Å². The van der Waals surface area contributed by atoms with Crippen LogP contribution in [0.1, 0.15) is 19.7 Å². The van der Waals surface area contributed by atoms with Crippen LogP contribution in [-0.4, -0.2) is 40.4 Å². The normalized spacial score (nSPS) is 14.4. The molecule has 0 fully saturated rings. The predicted molar refractivity (Wildman–Crippen MR) is 63.4 cm³/mol. The molecule has 1 heterocycles. The van der Waals surface area contributed by atoms with Crippen LogP contribution in [0.5, 0.6) is 0 Å². The minimum absolute atomic E-state index is 0.0793. The van der Waals surface area contributed by atoms with Crippen molar-refractivity contribution in [1.29, 1.82) is 0 Å². The highest BCUT2D eigenvalue weighted by molar-refractivity contribution is 5.72. The molecule has 0 bridgehead atoms. The molecule has 0 radical (unpaired) electrons. The predicted octanol–water partition coefficient (Wildman–Crippen LogP) is 0.145. The van der Waals surface area contributed by atoms with Gasteiger partial charge in [0.1, 0.15) is 12.2 Å². The van der Waals surface area contributed by atoms with Crippen molar-refractivity contribution in [2.75, 3.05) is 13.7 Å². The van der Waals surface area contributed by atoms with E-state index in [1.165, 1.54) is 7.11 Å². The molecule has 1 aromatic heterocycles. The Bertz CT molecular complexity index is 364. The maximum atomic E-state index is 11.3. The van der Waals surface area contributed by atoms with Crippen LogP contribution in [-0.2, 0) is 23.0 Å². The third kappa shape index (κ3) is 3.81. The van der Waals surface area contributed by atoms with Gasteiger partial charge in [-0.25, -0.2) is 0 Å². The van der Waals surface area contributed by atoms with Crippen molar-refractivity contribution in [1.82, 2.24) is 20.1 Å². The van der Waals surface area contributed by atoms with E-state index in [1.54, 1.807) is 6.33 Å². The minimum Gasteiger partial charge on any atom is -0.469 e. The average molecular weight is 240 g/mol. The highest BCUT2D eigenvalue weighted by Crippen LogP contribution is 2.04. The number of carbonyl (C=O) groups is 1. The van der Waals surface area contributed by atoms with Crippen LogP contribution in [0.15, 0.2) is 6.33 Å². The summed E-state index contributed by atoms with van der Waals surface area (Å²) in [5, 5.41) is 11.1. The van der Waals surface area contributed by atoms with E-state index < -0.39 is 0 Å². The van der Waals surface area contributed by atoms with Gasteiger partial charge in [-0.3, -0.25) is 4.79 Å². The fourth-order valence-electron chi connectivity index (χ4n) is 1.51. The van der Waals surface area contributed by atoms with E-state index in [-0.39, 0.29) is 17.9 Å². The second-order valence-electron chi connectivity index (χ2n) is 4.16. The largest absolute Gasteiger partial charge is 0.469 e. The summed E-state index contributed by atoms with van der Waals surface area (Å²) in [5.74, 6) is 0.582. The summed E-state index contributed by atoms with van der Waals surface area (Å²) >= 11 is 0. The van der Waals surface area contributed by atoms with E-state index in [0.29, 0.717) is 0 Å². The van der Waals surface area contributed by atoms with Crippen molar-refractivity contribution in [3.05, 3.63) is 12.2 Å². The number of nitrogens with zero attached hydrogens (tertiary/aromatic N) is 3. The van der Waals surface area contributed by atoms with Gasteiger partial charge in [-0.05, 0) is 6.92 Å². The Morgan fingerprint density at radius 3 is 2.82 bits per heavy atom. The molecular weight excluding hydrogens is 220 g/mol. The Hall–Kier alpha value is -1.43. The fraction of sp³-hybridized carbons (Fsp3) is 0.727. The zero-order chi connectivity index (χ0) is 12.8. The van der Waals surface area contributed by atoms with Gasteiger partial charge in [-0.1, -0.05) is 6.92 Å². The number of aryl methyl sites for hydroxylation is 1. The smallest absolute Gasteiger partial charge is 0.309 e. The third-order valence-electron chi connectivity index (χ3n) is 2.94. The Labute approximate surface area is 101 Å². The number of aromatic nitrogens is 3. The maximum Gasteiger partial charge on any atom is 0.309 e. The van der Waals surface area contributed by atoms with Gasteiger partial charge in [0.2, 0.25) is 0 Å². The number of ether oxygens (including phenoxy) is 1. The van der Waals surface area contributed by atoms with E-state index >= 15 is 0 Å². The van der Waals surface area contributed by atoms with Gasteiger partial charge < -0.3 is 14.6 Å². The lowest BCUT2D eigenvalue weighted by molar-refractivity contribution is -0.145. The Morgan fingerprint density at radius 2 is 2.29 bits per heavy atom. The molecule has 2 atom stereocenters. The van der Waals surface area contributed by atoms with Gasteiger partial charge in [-0.15, -0.1) is 10.2 Å². The fourth-order valence-corrected chi connectivity index (χ4v) is 1.51. The maximum absolute atomic E-state index is 11.3. The van der Waals surface area contributed by atoms with E-state index in [4.69, 9.17) is 4.74 Å². The van der Waals surface area contributed by atoms with Crippen LogP contribution >= 0.6 is 0 Å². The molecule has 1 N–H and O–H groups in total. The van der Waals surface area contributed by atoms with Crippen LogP contribution in [0.4, 0.5) is 0 Å². The molecule has 1 aromatic rings. The highest BCUT2D eigenvalue weighted by Gasteiger charge is 2.20. The summed E-state index contributed by atoms with van der Waals surface area (Å²) in [7, 11) is 3.32. The number of hydrogen-bond donors (Lipinski definition) is 1. The summed E-state index contributed by atoms with van der Waals surface area (Å²) < 4.78 is 6.58. The first-order valence-corrected chi connectivity index (χ1v) is 5.70. The molecule has 96 valence electrons. The summed E-state index contributed by atoms with van der Waals surface area (Å²) in [6, 6.07) is 0.0793. The van der Waals surface area contributed by atoms with Crippen molar-refractivity contribution >= 4 is 5.97 Å². The van der Waals surface area contributed by atoms with Crippen molar-refractivity contribution in [3.63, 3.8) is 0 Å². The Balaban J connectivity index is 2.31. The standard InChI is InChI=1S/C11H20N4O2/c1-8(11(16)17-4)9(2)12-6-5-10-14-13-7-15(10)3/h7-9,12H,5-6H2,1-4H3. The molecule has 1 rings (SSSR count). The first-order valence-electron chi connectivity index (χ1n) is 5.70. The molecule has 0 saturated heterocycles. The van der Waals surface area contributed by atoms with Gasteiger partial charge in [-0.2, -0.15) is 0 Å². The SMILES string of the molecule is COC(=O)C(C)C(C)NCCc1nncn1C. The monoisotopic (exact) mass is 240 g/mol. The minimum atomic E-state index is -0.191. The molecule has 0 amide bonds. The lowest BCUT2D eigenvalue weighted by Gasteiger charge is -2.18. The van der Waals surface area contributed by atoms with Gasteiger partial charge in [0.05, 0.1) is 13.0 Å². The second-order valence-corrected chi connectivity index (χ2v) is 4.16. The van der Waals surface area contributed by atoms with Crippen LogP contribution in [0.3, 0.4) is 0 Å². The van der Waals surface area contributed by atoms with Crippen LogP contribution in [0.25, 0.3) is 0 Å². The molecular formula is C11H20N4O2. The van der Waals surface area contributed by atoms with Crippen molar-refractivity contribution < 1.29 is 9.53 Å². The quantitative estimate of drug-likeness (QED) is 0.717. The number of methoxy groups -OCH3 is 1. The molecule has 0 aromatic carbocycles. The molecule has 0 aliphatic carbocycles. The number of carbonyl (C=O) groups excluding carboxylic acids is 1. The summed E-state index contributed by atoms with van der Waals surface area (Å²) in [5.41, 5.74) is 0. The van der Waals surface area contributed by atoms with E-state index in [2.05, 4.69) is 15.5 Å². The first kappa shape index (κ1) is 13.6. The number of nitrogens with one attached hydrogen (secondary N) is 1. The zero-order valence-corrected chi connectivity index (χ0v) is 10.8. The zero-order valence-electron chi connectivity index (χ0n) is 10.8. The van der Waals surface area contributed by atoms with Crippen LogP contribution < -0.4 is 5.32 Å². The van der Waals surface area contributed by atoms with E-state index in [1.807, 2.05) is 25.5 Å². The molecule has 17 heavy (non-hydrogen) atoms. The lowest BCUT2D eigenvalue weighted by atomic mass is 10.0. The Kier molecular flexibility index (Phi) is 5.09. The van der Waals surface area contributed by atoms with Gasteiger partial charge in [0, 0.05) is 26.1 Å². The van der Waals surface area contributed by atoms with Crippen LogP contribution in [0.2, 0.25) is 0 Å². The summed E-state index contributed by atoms with van der Waals surface area (Å²) in [6.07, 6.45) is 2.46. The van der Waals surface area contributed by atoms with Crippen molar-refractivity contribution in [2.24, 2.45) is 13.0 Å².